The zero-order chi connectivity index (χ0) is 27.4. The molecule has 0 bridgehead atoms. The van der Waals surface area contributed by atoms with Crippen LogP contribution in [-0.2, 0) is 26.1 Å². The monoisotopic (exact) mass is 536 g/mol. The fourth-order valence-electron chi connectivity index (χ4n) is 3.50. The van der Waals surface area contributed by atoms with E-state index in [1.54, 1.807) is 18.2 Å². The molecule has 2 aromatic rings. The van der Waals surface area contributed by atoms with Gasteiger partial charge in [0.1, 0.15) is 11.5 Å². The van der Waals surface area contributed by atoms with E-state index < -0.39 is 22.2 Å². The Bertz CT molecular complexity index is 1160. The smallest absolute Gasteiger partial charge is 0.331 e. The SMILES string of the molecule is C=C(CC(OCC)c1ccc(OCCc2ccc(OS(C)(=O)=O)cc2OC)c(OCCCC)c1)C(=O)O. The van der Waals surface area contributed by atoms with Crippen molar-refractivity contribution in [1.82, 2.24) is 0 Å². The molecule has 0 amide bonds. The van der Waals surface area contributed by atoms with Crippen LogP contribution in [0.4, 0.5) is 0 Å². The third-order valence-electron chi connectivity index (χ3n) is 5.33. The number of hydrogen-bond donors (Lipinski definition) is 1. The van der Waals surface area contributed by atoms with Crippen molar-refractivity contribution in [3.8, 4) is 23.0 Å². The Morgan fingerprint density at radius 3 is 2.38 bits per heavy atom. The standard InChI is InChI=1S/C27H36O9S/c1-6-8-14-34-26-17-21(25(33-7-2)16-19(3)27(28)29)10-12-23(26)35-15-13-20-9-11-22(18-24(20)32-4)36-37(5,30)31/h9-12,17-18,25H,3,6-8,13-16H2,1-2,4-5H3,(H,28,29). The summed E-state index contributed by atoms with van der Waals surface area (Å²) >= 11 is 0. The fraction of sp³-hybridized carbons (Fsp3) is 0.444. The average molecular weight is 537 g/mol. The van der Waals surface area contributed by atoms with Crippen LogP contribution in [0, 0.1) is 0 Å². The molecule has 1 atom stereocenters. The summed E-state index contributed by atoms with van der Waals surface area (Å²) < 4.78 is 50.9. The van der Waals surface area contributed by atoms with Crippen LogP contribution in [0.2, 0.25) is 0 Å². The van der Waals surface area contributed by atoms with Gasteiger partial charge >= 0.3 is 16.1 Å². The number of hydrogen-bond acceptors (Lipinski definition) is 8. The molecule has 0 aliphatic rings. The maximum atomic E-state index is 11.4. The second-order valence-electron chi connectivity index (χ2n) is 8.32. The molecule has 1 N–H and O–H groups in total. The first kappa shape index (κ1) is 30.0. The highest BCUT2D eigenvalue weighted by Crippen LogP contribution is 2.34. The third kappa shape index (κ3) is 9.97. The lowest BCUT2D eigenvalue weighted by Crippen LogP contribution is -2.11. The molecule has 1 unspecified atom stereocenters. The van der Waals surface area contributed by atoms with Crippen LogP contribution in [0.15, 0.2) is 48.6 Å². The molecule has 10 heteroatoms. The van der Waals surface area contributed by atoms with Gasteiger partial charge < -0.3 is 28.2 Å². The summed E-state index contributed by atoms with van der Waals surface area (Å²) in [5, 5.41) is 9.24. The van der Waals surface area contributed by atoms with E-state index in [0.29, 0.717) is 43.5 Å². The summed E-state index contributed by atoms with van der Waals surface area (Å²) in [4.78, 5) is 11.3. The van der Waals surface area contributed by atoms with E-state index >= 15 is 0 Å². The van der Waals surface area contributed by atoms with Crippen LogP contribution >= 0.6 is 0 Å². The van der Waals surface area contributed by atoms with Crippen molar-refractivity contribution in [2.75, 3.05) is 33.2 Å². The second kappa shape index (κ2) is 14.5. The predicted octanol–water partition coefficient (Wildman–Crippen LogP) is 4.94. The van der Waals surface area contributed by atoms with Gasteiger partial charge in [0.2, 0.25) is 0 Å². The minimum atomic E-state index is -3.64. The van der Waals surface area contributed by atoms with Crippen molar-refractivity contribution in [1.29, 1.82) is 0 Å². The molecule has 37 heavy (non-hydrogen) atoms. The van der Waals surface area contributed by atoms with Crippen molar-refractivity contribution >= 4 is 16.1 Å². The molecule has 0 spiro atoms. The van der Waals surface area contributed by atoms with Crippen molar-refractivity contribution in [3.05, 3.63) is 59.7 Å². The van der Waals surface area contributed by atoms with Gasteiger partial charge in [0.15, 0.2) is 11.5 Å². The van der Waals surface area contributed by atoms with Crippen LogP contribution in [0.5, 0.6) is 23.0 Å². The van der Waals surface area contributed by atoms with E-state index in [2.05, 4.69) is 13.5 Å². The molecule has 2 rings (SSSR count). The van der Waals surface area contributed by atoms with Crippen LogP contribution in [0.3, 0.4) is 0 Å². The summed E-state index contributed by atoms with van der Waals surface area (Å²) in [5.74, 6) is 0.678. The highest BCUT2D eigenvalue weighted by Gasteiger charge is 2.19. The predicted molar refractivity (Wildman–Crippen MR) is 140 cm³/mol. The summed E-state index contributed by atoms with van der Waals surface area (Å²) in [6, 6.07) is 10.2. The van der Waals surface area contributed by atoms with Crippen molar-refractivity contribution in [3.63, 3.8) is 0 Å². The van der Waals surface area contributed by atoms with E-state index in [4.69, 9.17) is 23.1 Å². The number of unbranched alkanes of at least 4 members (excludes halogenated alkanes) is 1. The Morgan fingerprint density at radius 2 is 1.76 bits per heavy atom. The summed E-state index contributed by atoms with van der Waals surface area (Å²) in [6.07, 6.45) is 2.97. The molecule has 2 aromatic carbocycles. The van der Waals surface area contributed by atoms with Crippen molar-refractivity contribution in [2.45, 2.75) is 45.6 Å². The van der Waals surface area contributed by atoms with Crippen molar-refractivity contribution < 1.29 is 41.4 Å². The number of aliphatic carboxylic acids is 1. The first-order chi connectivity index (χ1) is 17.6. The maximum absolute atomic E-state index is 11.4. The fourth-order valence-corrected chi connectivity index (χ4v) is 3.95. The van der Waals surface area contributed by atoms with E-state index in [1.165, 1.54) is 13.2 Å². The number of rotatable bonds is 17. The topological polar surface area (TPSA) is 118 Å². The normalized spacial score (nSPS) is 12.0. The van der Waals surface area contributed by atoms with Gasteiger partial charge in [0, 0.05) is 31.1 Å². The Labute approximate surface area is 219 Å². The van der Waals surface area contributed by atoms with Gasteiger partial charge in [-0.25, -0.2) is 4.79 Å². The van der Waals surface area contributed by atoms with E-state index in [1.807, 2.05) is 19.1 Å². The largest absolute Gasteiger partial charge is 0.496 e. The lowest BCUT2D eigenvalue weighted by Gasteiger charge is -2.20. The Balaban J connectivity index is 2.19. The molecule has 0 radical (unpaired) electrons. The minimum absolute atomic E-state index is 0.0640. The van der Waals surface area contributed by atoms with Crippen LogP contribution in [0.1, 0.15) is 50.3 Å². The summed E-state index contributed by atoms with van der Waals surface area (Å²) in [5.41, 5.74) is 1.65. The van der Waals surface area contributed by atoms with Crippen LogP contribution in [-0.4, -0.2) is 52.7 Å². The van der Waals surface area contributed by atoms with Gasteiger partial charge in [-0.05, 0) is 42.7 Å². The van der Waals surface area contributed by atoms with Crippen LogP contribution < -0.4 is 18.4 Å². The molecule has 204 valence electrons. The number of carboxylic acid groups (broad SMARTS) is 1. The van der Waals surface area contributed by atoms with Crippen molar-refractivity contribution in [2.24, 2.45) is 0 Å². The van der Waals surface area contributed by atoms with E-state index in [-0.39, 0.29) is 17.7 Å². The number of ether oxygens (including phenoxy) is 4. The minimum Gasteiger partial charge on any atom is -0.496 e. The Kier molecular flexibility index (Phi) is 11.7. The zero-order valence-electron chi connectivity index (χ0n) is 21.8. The molecule has 0 heterocycles. The first-order valence-electron chi connectivity index (χ1n) is 12.1. The number of carboxylic acids is 1. The van der Waals surface area contributed by atoms with Gasteiger partial charge in [0.05, 0.1) is 32.7 Å². The lowest BCUT2D eigenvalue weighted by molar-refractivity contribution is -0.133. The zero-order valence-corrected chi connectivity index (χ0v) is 22.6. The first-order valence-corrected chi connectivity index (χ1v) is 13.9. The molecular weight excluding hydrogens is 500 g/mol. The molecule has 0 aliphatic heterocycles. The van der Waals surface area contributed by atoms with Gasteiger partial charge in [-0.15, -0.1) is 0 Å². The molecule has 0 aliphatic carbocycles. The Morgan fingerprint density at radius 1 is 1.03 bits per heavy atom. The van der Waals surface area contributed by atoms with Crippen LogP contribution in [0.25, 0.3) is 0 Å². The van der Waals surface area contributed by atoms with E-state index in [0.717, 1.165) is 30.2 Å². The second-order valence-corrected chi connectivity index (χ2v) is 9.90. The number of methoxy groups -OCH3 is 1. The maximum Gasteiger partial charge on any atom is 0.331 e. The molecule has 9 nitrogen and oxygen atoms in total. The summed E-state index contributed by atoms with van der Waals surface area (Å²) in [6.45, 7) is 8.77. The number of carbonyl (C=O) groups is 1. The van der Waals surface area contributed by atoms with Gasteiger partial charge in [-0.1, -0.05) is 32.1 Å². The molecule has 0 fully saturated rings. The summed E-state index contributed by atoms with van der Waals surface area (Å²) in [7, 11) is -2.15. The third-order valence-corrected chi connectivity index (χ3v) is 5.83. The molecule has 0 saturated heterocycles. The quantitative estimate of drug-likeness (QED) is 0.170. The molecule has 0 aromatic heterocycles. The molecule has 0 saturated carbocycles. The lowest BCUT2D eigenvalue weighted by atomic mass is 10.0. The van der Waals surface area contributed by atoms with Gasteiger partial charge in [-0.2, -0.15) is 8.42 Å². The number of benzene rings is 2. The molecular formula is C27H36O9S. The van der Waals surface area contributed by atoms with E-state index in [9.17, 15) is 18.3 Å². The highest BCUT2D eigenvalue weighted by atomic mass is 32.2. The Hall–Kier alpha value is -3.24. The van der Waals surface area contributed by atoms with Gasteiger partial charge in [0.25, 0.3) is 0 Å². The van der Waals surface area contributed by atoms with Gasteiger partial charge in [-0.3, -0.25) is 0 Å². The average Bonchev–Trinajstić information content (AvgIpc) is 2.84. The highest BCUT2D eigenvalue weighted by molar-refractivity contribution is 7.86.